The van der Waals surface area contributed by atoms with Gasteiger partial charge in [-0.15, -0.1) is 0 Å². The van der Waals surface area contributed by atoms with Gasteiger partial charge in [0.15, 0.2) is 0 Å². The number of aliphatic hydroxyl groups is 1. The maximum atomic E-state index is 14.8. The molecule has 5 atom stereocenters. The van der Waals surface area contributed by atoms with E-state index in [2.05, 4.69) is 18.7 Å². The molecule has 2 fully saturated rings. The molecule has 46 heavy (non-hydrogen) atoms. The molecule has 4 aliphatic heterocycles. The summed E-state index contributed by atoms with van der Waals surface area (Å²) in [4.78, 5) is 51.4. The molecule has 244 valence electrons. The molecule has 9 heteroatoms. The number of benzene rings is 2. The van der Waals surface area contributed by atoms with Crippen LogP contribution in [0.15, 0.2) is 78.9 Å². The third-order valence-electron chi connectivity index (χ3n) is 10.2. The number of hydrogen-bond acceptors (Lipinski definition) is 6. The Bertz CT molecular complexity index is 1490. The monoisotopic (exact) mass is 626 g/mol. The zero-order chi connectivity index (χ0) is 32.5. The number of hydrogen-bond donors (Lipinski definition) is 1. The van der Waals surface area contributed by atoms with Gasteiger partial charge >= 0.3 is 0 Å². The third-order valence-corrected chi connectivity index (χ3v) is 10.2. The molecule has 2 saturated heterocycles. The Morgan fingerprint density at radius 1 is 0.783 bits per heavy atom. The average Bonchev–Trinajstić information content (AvgIpc) is 3.32. The lowest BCUT2D eigenvalue weighted by atomic mass is 9.74. The van der Waals surface area contributed by atoms with Crippen LogP contribution in [0.3, 0.4) is 0 Å². The van der Waals surface area contributed by atoms with E-state index in [4.69, 9.17) is 4.74 Å². The van der Waals surface area contributed by atoms with E-state index in [1.165, 1.54) is 0 Å². The van der Waals surface area contributed by atoms with Crippen molar-refractivity contribution in [3.63, 3.8) is 0 Å². The number of para-hydroxylation sites is 1. The highest BCUT2D eigenvalue weighted by molar-refractivity contribution is 6.07. The van der Waals surface area contributed by atoms with Crippen molar-refractivity contribution >= 4 is 34.8 Å². The smallest absolute Gasteiger partial charge is 0.253 e. The number of likely N-dealkylation sites (tertiary alicyclic amines) is 1. The molecule has 0 saturated carbocycles. The normalized spacial score (nSPS) is 28.7. The standard InChI is InChI=1S/C37H46N4O5/c1-4-38(5-2)27-17-19-29(20-18-27)40-25-14-22-37-31(34(44)41(32(37)35(40)45)23-11-6-7-12-26-42)30-33(43)39(28-15-9-8-10-16-28)24-13-21-36(30,3)46-37/h8-10,13-22,30-32,42H,4-7,11-12,23-26H2,1-3H3/t30-,31+,32?,36+,37+/m1/s1. The SMILES string of the molecule is CCN(CC)c1ccc(N2CC=C[C@]34O[C@@]5(C)C=CCN(c6ccccc6)C(=O)[C@H]5[C@H]3C(=O)N(CCCCCCO)C4C2=O)cc1. The summed E-state index contributed by atoms with van der Waals surface area (Å²) in [6.07, 6.45) is 10.7. The lowest BCUT2D eigenvalue weighted by molar-refractivity contribution is -0.144. The quantitative estimate of drug-likeness (QED) is 0.291. The molecule has 0 bridgehead atoms. The summed E-state index contributed by atoms with van der Waals surface area (Å²) < 4.78 is 6.99. The fourth-order valence-electron chi connectivity index (χ4n) is 8.01. The van der Waals surface area contributed by atoms with Crippen molar-refractivity contribution in [1.82, 2.24) is 4.90 Å². The Labute approximate surface area is 272 Å². The molecule has 2 aromatic rings. The van der Waals surface area contributed by atoms with Crippen LogP contribution in [0.5, 0.6) is 0 Å². The first kappa shape index (κ1) is 32.0. The van der Waals surface area contributed by atoms with Gasteiger partial charge in [0.05, 0.1) is 17.4 Å². The van der Waals surface area contributed by atoms with E-state index in [0.29, 0.717) is 32.5 Å². The molecule has 1 unspecified atom stereocenters. The molecular weight excluding hydrogens is 580 g/mol. The van der Waals surface area contributed by atoms with E-state index in [1.54, 1.807) is 14.7 Å². The Kier molecular flexibility index (Phi) is 9.08. The van der Waals surface area contributed by atoms with Crippen molar-refractivity contribution in [3.8, 4) is 0 Å². The number of anilines is 3. The van der Waals surface area contributed by atoms with Gasteiger partial charge in [-0.05, 0) is 70.0 Å². The number of aliphatic hydroxyl groups excluding tert-OH is 1. The predicted octanol–water partition coefficient (Wildman–Crippen LogP) is 4.56. The third kappa shape index (κ3) is 5.33. The van der Waals surface area contributed by atoms with Gasteiger partial charge in [-0.3, -0.25) is 14.4 Å². The molecule has 4 aliphatic rings. The number of fused-ring (bicyclic) bond motifs is 2. The molecule has 2 aromatic carbocycles. The number of ether oxygens (including phenoxy) is 1. The molecule has 6 rings (SSSR count). The van der Waals surface area contributed by atoms with Crippen LogP contribution >= 0.6 is 0 Å². The number of rotatable bonds is 11. The second kappa shape index (κ2) is 13.0. The number of unbranched alkanes of at least 4 members (excludes halogenated alkanes) is 3. The minimum Gasteiger partial charge on any atom is -0.396 e. The van der Waals surface area contributed by atoms with Gasteiger partial charge in [-0.25, -0.2) is 0 Å². The summed E-state index contributed by atoms with van der Waals surface area (Å²) in [5.41, 5.74) is 0.235. The van der Waals surface area contributed by atoms with E-state index in [1.807, 2.05) is 85.8 Å². The Balaban J connectivity index is 1.39. The Morgan fingerprint density at radius 3 is 2.09 bits per heavy atom. The van der Waals surface area contributed by atoms with Crippen LogP contribution in [0, 0.1) is 11.8 Å². The van der Waals surface area contributed by atoms with Crippen molar-refractivity contribution in [3.05, 3.63) is 78.9 Å². The number of carbonyl (C=O) groups is 3. The summed E-state index contributed by atoms with van der Waals surface area (Å²) in [7, 11) is 0. The van der Waals surface area contributed by atoms with Crippen LogP contribution in [0.2, 0.25) is 0 Å². The summed E-state index contributed by atoms with van der Waals surface area (Å²) in [5.74, 6) is -2.26. The van der Waals surface area contributed by atoms with Crippen molar-refractivity contribution in [2.45, 2.75) is 63.7 Å². The first-order chi connectivity index (χ1) is 22.3. The molecule has 0 aromatic heterocycles. The largest absolute Gasteiger partial charge is 0.396 e. The zero-order valence-corrected chi connectivity index (χ0v) is 27.2. The van der Waals surface area contributed by atoms with Gasteiger partial charge in [0.2, 0.25) is 11.8 Å². The fraction of sp³-hybridized carbons (Fsp3) is 0.486. The number of carbonyl (C=O) groups excluding carboxylic acids is 3. The van der Waals surface area contributed by atoms with E-state index in [-0.39, 0.29) is 24.3 Å². The molecule has 0 radical (unpaired) electrons. The second-order valence-electron chi connectivity index (χ2n) is 12.9. The van der Waals surface area contributed by atoms with Crippen LogP contribution in [0.1, 0.15) is 46.5 Å². The van der Waals surface area contributed by atoms with Crippen LogP contribution in [0.25, 0.3) is 0 Å². The summed E-state index contributed by atoms with van der Waals surface area (Å²) >= 11 is 0. The average molecular weight is 627 g/mol. The Morgan fingerprint density at radius 2 is 1.41 bits per heavy atom. The van der Waals surface area contributed by atoms with Gasteiger partial charge in [-0.1, -0.05) is 55.3 Å². The summed E-state index contributed by atoms with van der Waals surface area (Å²) in [6, 6.07) is 16.6. The van der Waals surface area contributed by atoms with Gasteiger partial charge in [0, 0.05) is 56.4 Å². The lowest BCUT2D eigenvalue weighted by Gasteiger charge is -2.37. The molecule has 3 amide bonds. The summed E-state index contributed by atoms with van der Waals surface area (Å²) in [6.45, 7) is 9.09. The lowest BCUT2D eigenvalue weighted by Crippen LogP contribution is -2.56. The molecule has 9 nitrogen and oxygen atoms in total. The summed E-state index contributed by atoms with van der Waals surface area (Å²) in [5, 5.41) is 9.26. The molecular formula is C37H46N4O5. The van der Waals surface area contributed by atoms with Gasteiger partial charge < -0.3 is 29.4 Å². The maximum absolute atomic E-state index is 14.8. The van der Waals surface area contributed by atoms with E-state index in [0.717, 1.165) is 43.0 Å². The topological polar surface area (TPSA) is 93.6 Å². The highest BCUT2D eigenvalue weighted by Crippen LogP contribution is 2.57. The highest BCUT2D eigenvalue weighted by atomic mass is 16.5. The van der Waals surface area contributed by atoms with Gasteiger partial charge in [0.1, 0.15) is 11.6 Å². The molecule has 4 heterocycles. The van der Waals surface area contributed by atoms with Crippen LogP contribution in [-0.4, -0.2) is 84.3 Å². The molecule has 0 aliphatic carbocycles. The van der Waals surface area contributed by atoms with Crippen molar-refractivity contribution in [2.24, 2.45) is 11.8 Å². The minimum atomic E-state index is -1.30. The van der Waals surface area contributed by atoms with Crippen molar-refractivity contribution < 1.29 is 24.2 Å². The van der Waals surface area contributed by atoms with Crippen LogP contribution in [-0.2, 0) is 19.1 Å². The van der Waals surface area contributed by atoms with Gasteiger partial charge in [0.25, 0.3) is 5.91 Å². The van der Waals surface area contributed by atoms with E-state index >= 15 is 0 Å². The maximum Gasteiger partial charge on any atom is 0.253 e. The minimum absolute atomic E-state index is 0.128. The first-order valence-corrected chi connectivity index (χ1v) is 16.8. The van der Waals surface area contributed by atoms with Crippen LogP contribution < -0.4 is 14.7 Å². The van der Waals surface area contributed by atoms with Gasteiger partial charge in [-0.2, -0.15) is 0 Å². The van der Waals surface area contributed by atoms with Crippen molar-refractivity contribution in [2.75, 3.05) is 54.0 Å². The Hall–Kier alpha value is -3.95. The number of amides is 3. The van der Waals surface area contributed by atoms with E-state index < -0.39 is 29.1 Å². The zero-order valence-electron chi connectivity index (χ0n) is 27.2. The molecule has 1 spiro atoms. The fourth-order valence-corrected chi connectivity index (χ4v) is 8.01. The predicted molar refractivity (Wildman–Crippen MR) is 180 cm³/mol. The molecule has 1 N–H and O–H groups in total. The van der Waals surface area contributed by atoms with E-state index in [9.17, 15) is 19.5 Å². The highest BCUT2D eigenvalue weighted by Gasteiger charge is 2.74. The second-order valence-corrected chi connectivity index (χ2v) is 12.9. The van der Waals surface area contributed by atoms with Crippen molar-refractivity contribution in [1.29, 1.82) is 0 Å². The van der Waals surface area contributed by atoms with Crippen LogP contribution in [0.4, 0.5) is 17.1 Å². The number of nitrogens with zero attached hydrogens (tertiary/aromatic N) is 4. The first-order valence-electron chi connectivity index (χ1n) is 16.8.